The molecule has 94 valence electrons. The number of aromatic nitrogens is 1. The topological polar surface area (TPSA) is 50.9 Å². The number of rotatable bonds is 5. The van der Waals surface area contributed by atoms with Crippen LogP contribution in [0.4, 0.5) is 5.69 Å². The number of halogens is 1. The molecule has 0 aliphatic rings. The van der Waals surface area contributed by atoms with E-state index < -0.39 is 0 Å². The van der Waals surface area contributed by atoms with Crippen molar-refractivity contribution in [2.75, 3.05) is 11.9 Å². The Morgan fingerprint density at radius 2 is 2.33 bits per heavy atom. The highest BCUT2D eigenvalue weighted by atomic mass is 79.9. The highest BCUT2D eigenvalue weighted by Crippen LogP contribution is 2.21. The van der Waals surface area contributed by atoms with Crippen LogP contribution in [-0.4, -0.2) is 16.5 Å². The van der Waals surface area contributed by atoms with Gasteiger partial charge in [0.15, 0.2) is 0 Å². The molecule has 3 nitrogen and oxygen atoms in total. The lowest BCUT2D eigenvalue weighted by atomic mass is 10.1. The maximum Gasteiger partial charge on any atom is 0.106 e. The average molecular weight is 342 g/mol. The second kappa shape index (κ2) is 6.26. The molecule has 1 heterocycles. The van der Waals surface area contributed by atoms with E-state index in [0.717, 1.165) is 34.4 Å². The smallest absolute Gasteiger partial charge is 0.106 e. The molecule has 0 bridgehead atoms. The summed E-state index contributed by atoms with van der Waals surface area (Å²) in [6, 6.07) is 5.86. The van der Waals surface area contributed by atoms with Crippen molar-refractivity contribution in [3.8, 4) is 0 Å². The first-order valence-corrected chi connectivity index (χ1v) is 7.51. The molecule has 1 aromatic heterocycles. The minimum atomic E-state index is 0.396. The zero-order chi connectivity index (χ0) is 13.0. The molecular weight excluding hydrogens is 330 g/mol. The Bertz CT molecular complexity index is 540. The molecule has 2 aromatic rings. The summed E-state index contributed by atoms with van der Waals surface area (Å²) in [5.74, 6) is 0. The van der Waals surface area contributed by atoms with Crippen LogP contribution in [0.2, 0.25) is 0 Å². The number of anilines is 1. The van der Waals surface area contributed by atoms with Gasteiger partial charge in [-0.1, -0.05) is 28.1 Å². The standard InChI is InChI=1S/C12H12BrN3S2/c13-8-1-2-11(10(5-8)12(14)17)15-4-3-9-6-18-7-16-9/h1-2,5-7,15H,3-4H2,(H2,14,17). The van der Waals surface area contributed by atoms with Crippen molar-refractivity contribution in [1.29, 1.82) is 0 Å². The maximum atomic E-state index is 5.71. The van der Waals surface area contributed by atoms with Crippen molar-refractivity contribution in [3.63, 3.8) is 0 Å². The second-order valence-corrected chi connectivity index (χ2v) is 5.78. The molecule has 0 amide bonds. The number of nitrogens with zero attached hydrogens (tertiary/aromatic N) is 1. The van der Waals surface area contributed by atoms with Crippen molar-refractivity contribution in [2.24, 2.45) is 5.73 Å². The molecular formula is C12H12BrN3S2. The quantitative estimate of drug-likeness (QED) is 0.820. The number of thiocarbonyl (C=S) groups is 1. The molecule has 0 aliphatic heterocycles. The summed E-state index contributed by atoms with van der Waals surface area (Å²) in [5, 5.41) is 5.39. The van der Waals surface area contributed by atoms with Crippen LogP contribution in [0.3, 0.4) is 0 Å². The van der Waals surface area contributed by atoms with Gasteiger partial charge < -0.3 is 11.1 Å². The van der Waals surface area contributed by atoms with Crippen LogP contribution in [0.25, 0.3) is 0 Å². The van der Waals surface area contributed by atoms with Gasteiger partial charge in [-0.3, -0.25) is 0 Å². The van der Waals surface area contributed by atoms with Gasteiger partial charge in [0.05, 0.1) is 11.2 Å². The summed E-state index contributed by atoms with van der Waals surface area (Å²) < 4.78 is 0.968. The Balaban J connectivity index is 2.02. The summed E-state index contributed by atoms with van der Waals surface area (Å²) >= 11 is 10.1. The predicted molar refractivity (Wildman–Crippen MR) is 84.3 cm³/mol. The van der Waals surface area contributed by atoms with Crippen LogP contribution < -0.4 is 11.1 Å². The summed E-state index contributed by atoms with van der Waals surface area (Å²) in [7, 11) is 0. The van der Waals surface area contributed by atoms with Crippen molar-refractivity contribution >= 4 is 50.2 Å². The van der Waals surface area contributed by atoms with Gasteiger partial charge in [0.25, 0.3) is 0 Å². The van der Waals surface area contributed by atoms with Crippen LogP contribution >= 0.6 is 39.5 Å². The molecule has 2 rings (SSSR count). The van der Waals surface area contributed by atoms with Gasteiger partial charge in [-0.2, -0.15) is 0 Å². The fraction of sp³-hybridized carbons (Fsp3) is 0.167. The third kappa shape index (κ3) is 3.51. The van der Waals surface area contributed by atoms with Crippen molar-refractivity contribution < 1.29 is 0 Å². The molecule has 0 saturated carbocycles. The van der Waals surface area contributed by atoms with Gasteiger partial charge >= 0.3 is 0 Å². The lowest BCUT2D eigenvalue weighted by molar-refractivity contribution is 0.977. The summed E-state index contributed by atoms with van der Waals surface area (Å²) in [6.07, 6.45) is 0.885. The third-order valence-electron chi connectivity index (χ3n) is 2.43. The Hall–Kier alpha value is -0.980. The van der Waals surface area contributed by atoms with Gasteiger partial charge in [0.1, 0.15) is 4.99 Å². The number of benzene rings is 1. The number of nitrogens with one attached hydrogen (secondary N) is 1. The second-order valence-electron chi connectivity index (χ2n) is 3.71. The normalized spacial score (nSPS) is 10.3. The molecule has 18 heavy (non-hydrogen) atoms. The van der Waals surface area contributed by atoms with Gasteiger partial charge in [-0.25, -0.2) is 4.98 Å². The number of nitrogens with two attached hydrogens (primary N) is 1. The molecule has 0 atom stereocenters. The Kier molecular flexibility index (Phi) is 4.68. The Morgan fingerprint density at radius 3 is 3.00 bits per heavy atom. The molecule has 0 unspecified atom stereocenters. The highest BCUT2D eigenvalue weighted by Gasteiger charge is 2.05. The minimum absolute atomic E-state index is 0.396. The average Bonchev–Trinajstić information content (AvgIpc) is 2.84. The number of thiazole rings is 1. The van der Waals surface area contributed by atoms with E-state index in [9.17, 15) is 0 Å². The minimum Gasteiger partial charge on any atom is -0.389 e. The monoisotopic (exact) mass is 341 g/mol. The molecule has 0 fully saturated rings. The summed E-state index contributed by atoms with van der Waals surface area (Å²) in [5.41, 5.74) is 10.5. The van der Waals surface area contributed by atoms with Gasteiger partial charge in [0, 0.05) is 34.1 Å². The van der Waals surface area contributed by atoms with E-state index >= 15 is 0 Å². The molecule has 0 spiro atoms. The van der Waals surface area contributed by atoms with Crippen LogP contribution in [0.1, 0.15) is 11.3 Å². The first-order chi connectivity index (χ1) is 8.66. The number of hydrogen-bond donors (Lipinski definition) is 2. The Morgan fingerprint density at radius 1 is 1.50 bits per heavy atom. The molecule has 1 aromatic carbocycles. The largest absolute Gasteiger partial charge is 0.389 e. The highest BCUT2D eigenvalue weighted by molar-refractivity contribution is 9.10. The molecule has 3 N–H and O–H groups in total. The molecule has 0 aliphatic carbocycles. The first kappa shape index (κ1) is 13.5. The first-order valence-electron chi connectivity index (χ1n) is 5.37. The molecule has 6 heteroatoms. The van der Waals surface area contributed by atoms with E-state index in [1.54, 1.807) is 11.3 Å². The predicted octanol–water partition coefficient (Wildman–Crippen LogP) is 3.19. The van der Waals surface area contributed by atoms with E-state index in [4.69, 9.17) is 18.0 Å². The van der Waals surface area contributed by atoms with Gasteiger partial charge in [-0.05, 0) is 18.2 Å². The Labute approximate surface area is 124 Å². The van der Waals surface area contributed by atoms with Crippen LogP contribution in [-0.2, 0) is 6.42 Å². The van der Waals surface area contributed by atoms with E-state index in [-0.39, 0.29) is 0 Å². The summed E-state index contributed by atoms with van der Waals surface area (Å²) in [4.78, 5) is 4.64. The van der Waals surface area contributed by atoms with Gasteiger partial charge in [-0.15, -0.1) is 11.3 Å². The van der Waals surface area contributed by atoms with Crippen molar-refractivity contribution in [1.82, 2.24) is 4.98 Å². The maximum absolute atomic E-state index is 5.71. The lowest BCUT2D eigenvalue weighted by Crippen LogP contribution is -2.14. The molecule has 0 radical (unpaired) electrons. The van der Waals surface area contributed by atoms with Crippen LogP contribution in [0.15, 0.2) is 33.6 Å². The third-order valence-corrected chi connectivity index (χ3v) is 3.78. The van der Waals surface area contributed by atoms with Crippen LogP contribution in [0, 0.1) is 0 Å². The van der Waals surface area contributed by atoms with E-state index in [1.807, 2.05) is 23.7 Å². The lowest BCUT2D eigenvalue weighted by Gasteiger charge is -2.11. The van der Waals surface area contributed by atoms with E-state index in [2.05, 4.69) is 31.6 Å². The van der Waals surface area contributed by atoms with Crippen molar-refractivity contribution in [3.05, 3.63) is 44.8 Å². The molecule has 0 saturated heterocycles. The van der Waals surface area contributed by atoms with E-state index in [1.165, 1.54) is 0 Å². The van der Waals surface area contributed by atoms with Crippen molar-refractivity contribution in [2.45, 2.75) is 6.42 Å². The van der Waals surface area contributed by atoms with E-state index in [0.29, 0.717) is 4.99 Å². The van der Waals surface area contributed by atoms with Crippen LogP contribution in [0.5, 0.6) is 0 Å². The fourth-order valence-corrected chi connectivity index (χ4v) is 2.68. The zero-order valence-corrected chi connectivity index (χ0v) is 12.7. The summed E-state index contributed by atoms with van der Waals surface area (Å²) in [6.45, 7) is 0.807. The van der Waals surface area contributed by atoms with Gasteiger partial charge in [0.2, 0.25) is 0 Å². The zero-order valence-electron chi connectivity index (χ0n) is 9.52. The SMILES string of the molecule is NC(=S)c1cc(Br)ccc1NCCc1cscn1. The number of hydrogen-bond acceptors (Lipinski definition) is 4. The fourth-order valence-electron chi connectivity index (χ4n) is 1.56.